The normalized spacial score (nSPS) is 21.9. The lowest BCUT2D eigenvalue weighted by atomic mass is 10.1. The Morgan fingerprint density at radius 1 is 1.37 bits per heavy atom. The third-order valence-corrected chi connectivity index (χ3v) is 3.92. The van der Waals surface area contributed by atoms with Gasteiger partial charge in [-0.3, -0.25) is 9.58 Å². The lowest BCUT2D eigenvalue weighted by Gasteiger charge is -2.39. The van der Waals surface area contributed by atoms with Crippen LogP contribution in [0.25, 0.3) is 0 Å². The van der Waals surface area contributed by atoms with E-state index in [2.05, 4.69) is 39.4 Å². The van der Waals surface area contributed by atoms with Gasteiger partial charge < -0.3 is 10.2 Å². The summed E-state index contributed by atoms with van der Waals surface area (Å²) in [4.78, 5) is 5.00. The third-order valence-electron chi connectivity index (χ3n) is 3.92. The first kappa shape index (κ1) is 14.4. The van der Waals surface area contributed by atoms with E-state index in [1.807, 2.05) is 17.9 Å². The first-order valence-electron chi connectivity index (χ1n) is 7.19. The summed E-state index contributed by atoms with van der Waals surface area (Å²) in [7, 11) is 4.15. The quantitative estimate of drug-likeness (QED) is 0.787. The third kappa shape index (κ3) is 3.99. The van der Waals surface area contributed by atoms with Gasteiger partial charge in [0.1, 0.15) is 0 Å². The highest BCUT2D eigenvalue weighted by Crippen LogP contribution is 2.10. The Balaban J connectivity index is 1.78. The molecule has 1 aliphatic rings. The van der Waals surface area contributed by atoms with Crippen LogP contribution in [0.1, 0.15) is 19.0 Å². The zero-order chi connectivity index (χ0) is 13.7. The standard InChI is InChI=1S/C13H26N6/c1-4-13-11-18(6-5-17(13)3)7-8-19-10-12(9-14-2)15-16-19/h10,13-14H,4-9,11H2,1-3H3. The second-order valence-corrected chi connectivity index (χ2v) is 5.35. The van der Waals surface area contributed by atoms with E-state index in [9.17, 15) is 0 Å². The van der Waals surface area contributed by atoms with Gasteiger partial charge in [0.2, 0.25) is 0 Å². The number of rotatable bonds is 6. The Labute approximate surface area is 115 Å². The smallest absolute Gasteiger partial charge is 0.0964 e. The van der Waals surface area contributed by atoms with E-state index in [1.165, 1.54) is 19.5 Å². The van der Waals surface area contributed by atoms with Crippen LogP contribution in [0.2, 0.25) is 0 Å². The van der Waals surface area contributed by atoms with Gasteiger partial charge in [0.05, 0.1) is 12.2 Å². The van der Waals surface area contributed by atoms with Crippen LogP contribution in [0.15, 0.2) is 6.20 Å². The molecule has 1 aromatic heterocycles. The number of aromatic nitrogens is 3. The Morgan fingerprint density at radius 3 is 2.95 bits per heavy atom. The highest BCUT2D eigenvalue weighted by atomic mass is 15.4. The van der Waals surface area contributed by atoms with Crippen LogP contribution < -0.4 is 5.32 Å². The predicted octanol–water partition coefficient (Wildman–Crippen LogP) is 0.0235. The number of piperazine rings is 1. The lowest BCUT2D eigenvalue weighted by Crippen LogP contribution is -2.51. The average molecular weight is 266 g/mol. The van der Waals surface area contributed by atoms with Crippen LogP contribution in [0, 0.1) is 0 Å². The number of hydrogen-bond acceptors (Lipinski definition) is 5. The molecule has 2 rings (SSSR count). The fourth-order valence-corrected chi connectivity index (χ4v) is 2.61. The summed E-state index contributed by atoms with van der Waals surface area (Å²) in [5, 5.41) is 11.4. The molecule has 1 N–H and O–H groups in total. The second-order valence-electron chi connectivity index (χ2n) is 5.35. The van der Waals surface area contributed by atoms with Crippen molar-refractivity contribution in [1.29, 1.82) is 0 Å². The Kier molecular flexibility index (Phi) is 5.30. The van der Waals surface area contributed by atoms with Gasteiger partial charge in [-0.15, -0.1) is 5.10 Å². The molecule has 1 aromatic rings. The maximum absolute atomic E-state index is 4.16. The van der Waals surface area contributed by atoms with Gasteiger partial charge in [0.25, 0.3) is 0 Å². The van der Waals surface area contributed by atoms with Gasteiger partial charge in [-0.1, -0.05) is 12.1 Å². The minimum atomic E-state index is 0.698. The summed E-state index contributed by atoms with van der Waals surface area (Å²) in [5.74, 6) is 0. The summed E-state index contributed by atoms with van der Waals surface area (Å²) in [6.45, 7) is 8.54. The van der Waals surface area contributed by atoms with E-state index in [4.69, 9.17) is 0 Å². The van der Waals surface area contributed by atoms with E-state index in [-0.39, 0.29) is 0 Å². The van der Waals surface area contributed by atoms with Crippen LogP contribution in [-0.2, 0) is 13.1 Å². The Hall–Kier alpha value is -0.980. The maximum atomic E-state index is 4.16. The van der Waals surface area contributed by atoms with Gasteiger partial charge in [-0.05, 0) is 20.5 Å². The van der Waals surface area contributed by atoms with Gasteiger partial charge in [-0.2, -0.15) is 0 Å². The van der Waals surface area contributed by atoms with E-state index < -0.39 is 0 Å². The fraction of sp³-hybridized carbons (Fsp3) is 0.846. The molecule has 6 heteroatoms. The largest absolute Gasteiger partial charge is 0.314 e. The monoisotopic (exact) mass is 266 g/mol. The summed E-state index contributed by atoms with van der Waals surface area (Å²) in [5.41, 5.74) is 1.01. The van der Waals surface area contributed by atoms with E-state index in [0.717, 1.165) is 31.9 Å². The van der Waals surface area contributed by atoms with Crippen molar-refractivity contribution in [2.75, 3.05) is 40.3 Å². The number of nitrogens with one attached hydrogen (secondary N) is 1. The van der Waals surface area contributed by atoms with Crippen molar-refractivity contribution in [3.63, 3.8) is 0 Å². The molecule has 0 amide bonds. The zero-order valence-electron chi connectivity index (χ0n) is 12.3. The highest BCUT2D eigenvalue weighted by Gasteiger charge is 2.22. The van der Waals surface area contributed by atoms with Crippen LogP contribution in [0.4, 0.5) is 0 Å². The van der Waals surface area contributed by atoms with E-state index >= 15 is 0 Å². The summed E-state index contributed by atoms with van der Waals surface area (Å²) < 4.78 is 1.95. The summed E-state index contributed by atoms with van der Waals surface area (Å²) >= 11 is 0. The van der Waals surface area contributed by atoms with E-state index in [0.29, 0.717) is 6.04 Å². The molecule has 0 aliphatic carbocycles. The first-order valence-corrected chi connectivity index (χ1v) is 7.19. The minimum Gasteiger partial charge on any atom is -0.314 e. The second kappa shape index (κ2) is 6.98. The molecule has 1 atom stereocenters. The van der Waals surface area contributed by atoms with Crippen molar-refractivity contribution in [2.24, 2.45) is 0 Å². The average Bonchev–Trinajstić information content (AvgIpc) is 2.86. The molecular weight excluding hydrogens is 240 g/mol. The molecule has 1 unspecified atom stereocenters. The number of nitrogens with zero attached hydrogens (tertiary/aromatic N) is 5. The van der Waals surface area contributed by atoms with Crippen molar-refractivity contribution >= 4 is 0 Å². The molecule has 19 heavy (non-hydrogen) atoms. The topological polar surface area (TPSA) is 49.2 Å². The lowest BCUT2D eigenvalue weighted by molar-refractivity contribution is 0.0899. The van der Waals surface area contributed by atoms with Crippen molar-refractivity contribution in [1.82, 2.24) is 30.1 Å². The van der Waals surface area contributed by atoms with Crippen LogP contribution in [0.3, 0.4) is 0 Å². The Bertz CT molecular complexity index is 377. The molecule has 0 radical (unpaired) electrons. The zero-order valence-corrected chi connectivity index (χ0v) is 12.3. The van der Waals surface area contributed by atoms with Crippen LogP contribution in [-0.4, -0.2) is 71.1 Å². The summed E-state index contributed by atoms with van der Waals surface area (Å²) in [6.07, 6.45) is 3.26. The van der Waals surface area contributed by atoms with Gasteiger partial charge in [0, 0.05) is 45.0 Å². The minimum absolute atomic E-state index is 0.698. The molecule has 0 saturated carbocycles. The molecular formula is C13H26N6. The van der Waals surface area contributed by atoms with Gasteiger partial charge >= 0.3 is 0 Å². The van der Waals surface area contributed by atoms with Crippen molar-refractivity contribution in [3.05, 3.63) is 11.9 Å². The van der Waals surface area contributed by atoms with Crippen LogP contribution >= 0.6 is 0 Å². The van der Waals surface area contributed by atoms with Crippen molar-refractivity contribution in [2.45, 2.75) is 32.5 Å². The molecule has 0 spiro atoms. The Morgan fingerprint density at radius 2 is 2.21 bits per heavy atom. The molecule has 0 bridgehead atoms. The number of hydrogen-bond donors (Lipinski definition) is 1. The molecule has 1 aliphatic heterocycles. The summed E-state index contributed by atoms with van der Waals surface area (Å²) in [6, 6.07) is 0.698. The predicted molar refractivity (Wildman–Crippen MR) is 75.9 cm³/mol. The van der Waals surface area contributed by atoms with E-state index in [1.54, 1.807) is 0 Å². The molecule has 1 saturated heterocycles. The van der Waals surface area contributed by atoms with Crippen molar-refractivity contribution < 1.29 is 0 Å². The van der Waals surface area contributed by atoms with Gasteiger partial charge in [0.15, 0.2) is 0 Å². The van der Waals surface area contributed by atoms with Gasteiger partial charge in [-0.25, -0.2) is 0 Å². The molecule has 6 nitrogen and oxygen atoms in total. The molecule has 0 aromatic carbocycles. The number of likely N-dealkylation sites (N-methyl/N-ethyl adjacent to an activating group) is 1. The first-order chi connectivity index (χ1) is 9.22. The SMILES string of the molecule is CCC1CN(CCn2cc(CNC)nn2)CCN1C. The fourth-order valence-electron chi connectivity index (χ4n) is 2.61. The molecule has 2 heterocycles. The van der Waals surface area contributed by atoms with Crippen LogP contribution in [0.5, 0.6) is 0 Å². The maximum Gasteiger partial charge on any atom is 0.0964 e. The van der Waals surface area contributed by atoms with Crippen molar-refractivity contribution in [3.8, 4) is 0 Å². The highest BCUT2D eigenvalue weighted by molar-refractivity contribution is 4.91. The molecule has 1 fully saturated rings. The molecule has 108 valence electrons.